The van der Waals surface area contributed by atoms with Crippen LogP contribution in [-0.2, 0) is 38.1 Å². The second-order valence-corrected chi connectivity index (χ2v) is 3.66. The highest BCUT2D eigenvalue weighted by Gasteiger charge is 2.06. The van der Waals surface area contributed by atoms with Crippen molar-refractivity contribution in [3.05, 3.63) is 0 Å². The molecule has 0 spiro atoms. The number of esters is 4. The molecule has 0 aromatic carbocycles. The highest BCUT2D eigenvalue weighted by Crippen LogP contribution is 1.91. The Balaban J connectivity index is 3.33. The molecule has 0 aromatic heterocycles. The lowest BCUT2D eigenvalue weighted by atomic mass is 10.4. The van der Waals surface area contributed by atoms with Crippen LogP contribution >= 0.6 is 0 Å². The number of hydrogen-bond donors (Lipinski definition) is 0. The molecule has 0 N–H and O–H groups in total. The van der Waals surface area contributed by atoms with Crippen molar-refractivity contribution in [3.63, 3.8) is 0 Å². The molecular weight excluding hydrogens is 272 g/mol. The molecule has 0 fully saturated rings. The molecule has 0 aliphatic carbocycles. The molecular formula is C12H18O8. The summed E-state index contributed by atoms with van der Waals surface area (Å²) in [7, 11) is 0. The van der Waals surface area contributed by atoms with Gasteiger partial charge in [0.05, 0.1) is 39.3 Å². The van der Waals surface area contributed by atoms with Gasteiger partial charge in [-0.05, 0) is 0 Å². The maximum Gasteiger partial charge on any atom is 0.315 e. The van der Waals surface area contributed by atoms with Crippen molar-refractivity contribution < 1.29 is 38.1 Å². The lowest BCUT2D eigenvalue weighted by Gasteiger charge is -2.05. The maximum absolute atomic E-state index is 10.9. The van der Waals surface area contributed by atoms with Gasteiger partial charge >= 0.3 is 23.9 Å². The summed E-state index contributed by atoms with van der Waals surface area (Å²) in [5.41, 5.74) is 0. The van der Waals surface area contributed by atoms with Crippen molar-refractivity contribution in [1.29, 1.82) is 0 Å². The predicted molar refractivity (Wildman–Crippen MR) is 64.4 cm³/mol. The number of hydrogen-bond acceptors (Lipinski definition) is 8. The van der Waals surface area contributed by atoms with Gasteiger partial charge in [-0.3, -0.25) is 19.2 Å². The summed E-state index contributed by atoms with van der Waals surface area (Å²) in [5.74, 6) is -2.61. The molecule has 0 aliphatic heterocycles. The first-order chi connectivity index (χ1) is 9.41. The van der Waals surface area contributed by atoms with E-state index in [1.165, 1.54) is 0 Å². The van der Waals surface area contributed by atoms with Gasteiger partial charge in [-0.15, -0.1) is 0 Å². The Bertz CT molecular complexity index is 315. The van der Waals surface area contributed by atoms with Gasteiger partial charge in [-0.2, -0.15) is 0 Å². The molecule has 0 rings (SSSR count). The van der Waals surface area contributed by atoms with Crippen molar-refractivity contribution in [1.82, 2.24) is 0 Å². The fraction of sp³-hybridized carbons (Fsp3) is 0.667. The zero-order chi connectivity index (χ0) is 15.4. The minimum atomic E-state index is -0.657. The number of carbonyl (C=O) groups excluding carboxylic acids is 4. The average Bonchev–Trinajstić information content (AvgIpc) is 2.30. The van der Waals surface area contributed by atoms with Gasteiger partial charge in [-0.1, -0.05) is 0 Å². The first kappa shape index (κ1) is 18.2. The van der Waals surface area contributed by atoms with Crippen LogP contribution in [0.1, 0.15) is 26.7 Å². The summed E-state index contributed by atoms with van der Waals surface area (Å²) in [5, 5.41) is 0. The minimum absolute atomic E-state index is 0.0233. The molecule has 0 saturated carbocycles. The fourth-order valence-corrected chi connectivity index (χ4v) is 1.06. The Morgan fingerprint density at radius 2 is 1.00 bits per heavy atom. The maximum atomic E-state index is 10.9. The monoisotopic (exact) mass is 290 g/mol. The van der Waals surface area contributed by atoms with Gasteiger partial charge in [0, 0.05) is 13.8 Å². The van der Waals surface area contributed by atoms with Crippen LogP contribution in [0.5, 0.6) is 0 Å². The van der Waals surface area contributed by atoms with Gasteiger partial charge < -0.3 is 18.9 Å². The summed E-state index contributed by atoms with van der Waals surface area (Å²) < 4.78 is 18.7. The summed E-state index contributed by atoms with van der Waals surface area (Å²) in [6, 6.07) is 0. The molecule has 0 bridgehead atoms. The van der Waals surface area contributed by atoms with Crippen LogP contribution in [0.3, 0.4) is 0 Å². The van der Waals surface area contributed by atoms with Crippen LogP contribution < -0.4 is 0 Å². The second kappa shape index (κ2) is 11.1. The fourth-order valence-electron chi connectivity index (χ4n) is 1.06. The van der Waals surface area contributed by atoms with Crippen molar-refractivity contribution >= 4 is 23.9 Å². The van der Waals surface area contributed by atoms with E-state index >= 15 is 0 Å². The Labute approximate surface area is 116 Å². The van der Waals surface area contributed by atoms with E-state index in [0.29, 0.717) is 0 Å². The molecule has 0 aliphatic rings. The van der Waals surface area contributed by atoms with Gasteiger partial charge in [0.2, 0.25) is 0 Å². The second-order valence-electron chi connectivity index (χ2n) is 3.66. The van der Waals surface area contributed by atoms with E-state index in [1.807, 2.05) is 0 Å². The molecule has 0 saturated heterocycles. The third-order valence-corrected chi connectivity index (χ3v) is 1.79. The molecule has 0 atom stereocenters. The molecule has 0 aromatic rings. The number of carbonyl (C=O) groups is 4. The van der Waals surface area contributed by atoms with E-state index in [9.17, 15) is 19.2 Å². The van der Waals surface area contributed by atoms with E-state index in [0.717, 1.165) is 13.8 Å². The third kappa shape index (κ3) is 12.7. The highest BCUT2D eigenvalue weighted by molar-refractivity contribution is 5.84. The molecule has 114 valence electrons. The van der Waals surface area contributed by atoms with Crippen LogP contribution in [0, 0.1) is 0 Å². The summed E-state index contributed by atoms with van der Waals surface area (Å²) >= 11 is 0. The van der Waals surface area contributed by atoms with E-state index in [1.54, 1.807) is 0 Å². The van der Waals surface area contributed by atoms with Crippen LogP contribution in [0.2, 0.25) is 0 Å². The Morgan fingerprint density at radius 1 is 0.650 bits per heavy atom. The minimum Gasteiger partial charge on any atom is -0.393 e. The van der Waals surface area contributed by atoms with E-state index in [-0.39, 0.29) is 39.3 Å². The molecule has 0 unspecified atom stereocenters. The number of rotatable bonds is 9. The predicted octanol–water partition coefficient (Wildman–Crippen LogP) is -0.0208. The van der Waals surface area contributed by atoms with Crippen molar-refractivity contribution in [2.75, 3.05) is 26.4 Å². The zero-order valence-corrected chi connectivity index (χ0v) is 11.5. The first-order valence-corrected chi connectivity index (χ1v) is 5.99. The molecule has 0 amide bonds. The lowest BCUT2D eigenvalue weighted by Crippen LogP contribution is -2.14. The van der Waals surface area contributed by atoms with E-state index in [2.05, 4.69) is 9.47 Å². The molecule has 0 radical (unpaired) electrons. The SMILES string of the molecule is CC(=O)OC(=O)CCOCCOCCC(=O)OC(C)=O. The van der Waals surface area contributed by atoms with E-state index in [4.69, 9.17) is 9.47 Å². The standard InChI is InChI=1S/C12H18O8/c1-9(13)19-11(15)3-5-17-7-8-18-6-4-12(16)20-10(2)14/h3-8H2,1-2H3. The quantitative estimate of drug-likeness (QED) is 0.331. The zero-order valence-electron chi connectivity index (χ0n) is 11.5. The van der Waals surface area contributed by atoms with Crippen LogP contribution in [0.15, 0.2) is 0 Å². The average molecular weight is 290 g/mol. The van der Waals surface area contributed by atoms with Crippen molar-refractivity contribution in [3.8, 4) is 0 Å². The summed E-state index contributed by atoms with van der Waals surface area (Å²) in [4.78, 5) is 42.7. The first-order valence-electron chi connectivity index (χ1n) is 5.99. The van der Waals surface area contributed by atoms with Crippen LogP contribution in [0.25, 0.3) is 0 Å². The number of ether oxygens (including phenoxy) is 4. The molecule has 20 heavy (non-hydrogen) atoms. The van der Waals surface area contributed by atoms with Crippen LogP contribution in [0.4, 0.5) is 0 Å². The van der Waals surface area contributed by atoms with Gasteiger partial charge in [0.1, 0.15) is 0 Å². The lowest BCUT2D eigenvalue weighted by molar-refractivity contribution is -0.161. The summed E-state index contributed by atoms with van der Waals surface area (Å²) in [6.07, 6.45) is -0.0466. The van der Waals surface area contributed by atoms with Crippen molar-refractivity contribution in [2.45, 2.75) is 26.7 Å². The van der Waals surface area contributed by atoms with Gasteiger partial charge in [-0.25, -0.2) is 0 Å². The van der Waals surface area contributed by atoms with E-state index < -0.39 is 23.9 Å². The Hall–Kier alpha value is -1.80. The molecule has 8 nitrogen and oxygen atoms in total. The van der Waals surface area contributed by atoms with Crippen molar-refractivity contribution in [2.24, 2.45) is 0 Å². The molecule has 0 heterocycles. The normalized spacial score (nSPS) is 9.90. The topological polar surface area (TPSA) is 105 Å². The Morgan fingerprint density at radius 3 is 1.30 bits per heavy atom. The molecule has 8 heteroatoms. The smallest absolute Gasteiger partial charge is 0.315 e. The van der Waals surface area contributed by atoms with Crippen LogP contribution in [-0.4, -0.2) is 50.3 Å². The third-order valence-electron chi connectivity index (χ3n) is 1.79. The largest absolute Gasteiger partial charge is 0.393 e. The van der Waals surface area contributed by atoms with Gasteiger partial charge in [0.25, 0.3) is 0 Å². The van der Waals surface area contributed by atoms with Gasteiger partial charge in [0.15, 0.2) is 0 Å². The highest BCUT2D eigenvalue weighted by atomic mass is 16.6. The summed E-state index contributed by atoms with van der Waals surface area (Å²) in [6.45, 7) is 2.97. The Kier molecular flexibility index (Phi) is 10.1.